The Hall–Kier alpha value is -2.29. The van der Waals surface area contributed by atoms with E-state index >= 15 is 0 Å². The molecule has 0 atom stereocenters. The number of carbonyl (C=O) groups is 1. The molecule has 1 N–H and O–H groups in total. The molecule has 0 unspecified atom stereocenters. The van der Waals surface area contributed by atoms with Gasteiger partial charge >= 0.3 is 5.97 Å². The Kier molecular flexibility index (Phi) is 4.32. The van der Waals surface area contributed by atoms with E-state index in [0.717, 1.165) is 11.3 Å². The minimum Gasteiger partial charge on any atom is -0.478 e. The Morgan fingerprint density at radius 1 is 1.05 bits per heavy atom. The van der Waals surface area contributed by atoms with E-state index in [1.54, 1.807) is 18.2 Å². The summed E-state index contributed by atoms with van der Waals surface area (Å²) in [5, 5.41) is 9.05. The summed E-state index contributed by atoms with van der Waals surface area (Å²) in [4.78, 5) is 11.0. The van der Waals surface area contributed by atoms with Crippen LogP contribution in [0.5, 0.6) is 11.5 Å². The standard InChI is InChI=1S/C18H20O3/c1-11(2)16-8-7-15(9-13(16)4)21-17-10-14(18(19)20)6-5-12(17)3/h5-11H,1-4H3,(H,19,20). The van der Waals surface area contributed by atoms with Crippen molar-refractivity contribution in [2.24, 2.45) is 0 Å². The fourth-order valence-corrected chi connectivity index (χ4v) is 2.33. The quantitative estimate of drug-likeness (QED) is 0.867. The molecule has 3 nitrogen and oxygen atoms in total. The largest absolute Gasteiger partial charge is 0.478 e. The van der Waals surface area contributed by atoms with Gasteiger partial charge < -0.3 is 9.84 Å². The second-order valence-corrected chi connectivity index (χ2v) is 5.56. The van der Waals surface area contributed by atoms with Gasteiger partial charge in [0.15, 0.2) is 0 Å². The van der Waals surface area contributed by atoms with Gasteiger partial charge in [-0.25, -0.2) is 4.79 Å². The zero-order chi connectivity index (χ0) is 15.6. The zero-order valence-electron chi connectivity index (χ0n) is 12.8. The van der Waals surface area contributed by atoms with E-state index in [9.17, 15) is 4.79 Å². The van der Waals surface area contributed by atoms with E-state index in [1.807, 2.05) is 19.1 Å². The van der Waals surface area contributed by atoms with Crippen LogP contribution in [0.4, 0.5) is 0 Å². The Bertz CT molecular complexity index is 672. The van der Waals surface area contributed by atoms with Gasteiger partial charge in [0.1, 0.15) is 11.5 Å². The maximum atomic E-state index is 11.0. The first-order chi connectivity index (χ1) is 9.88. The van der Waals surface area contributed by atoms with Crippen molar-refractivity contribution in [1.82, 2.24) is 0 Å². The van der Waals surface area contributed by atoms with Crippen molar-refractivity contribution in [2.45, 2.75) is 33.6 Å². The van der Waals surface area contributed by atoms with Gasteiger partial charge in [0.05, 0.1) is 5.56 Å². The number of hydrogen-bond acceptors (Lipinski definition) is 2. The molecule has 2 aromatic rings. The lowest BCUT2D eigenvalue weighted by Crippen LogP contribution is -1.98. The van der Waals surface area contributed by atoms with Crippen LogP contribution in [0.1, 0.15) is 46.8 Å². The van der Waals surface area contributed by atoms with Crippen LogP contribution < -0.4 is 4.74 Å². The number of hydrogen-bond donors (Lipinski definition) is 1. The number of aromatic carboxylic acids is 1. The first-order valence-corrected chi connectivity index (χ1v) is 7.01. The van der Waals surface area contributed by atoms with Crippen molar-refractivity contribution in [1.29, 1.82) is 0 Å². The van der Waals surface area contributed by atoms with Gasteiger partial charge in [-0.2, -0.15) is 0 Å². The van der Waals surface area contributed by atoms with E-state index in [1.165, 1.54) is 11.1 Å². The van der Waals surface area contributed by atoms with Crippen molar-refractivity contribution in [3.8, 4) is 11.5 Å². The second kappa shape index (κ2) is 6.00. The zero-order valence-corrected chi connectivity index (χ0v) is 12.8. The fraction of sp³-hybridized carbons (Fsp3) is 0.278. The topological polar surface area (TPSA) is 46.5 Å². The average Bonchev–Trinajstić information content (AvgIpc) is 2.40. The van der Waals surface area contributed by atoms with Gasteiger partial charge in [0.2, 0.25) is 0 Å². The Morgan fingerprint density at radius 3 is 2.33 bits per heavy atom. The molecule has 21 heavy (non-hydrogen) atoms. The van der Waals surface area contributed by atoms with E-state index < -0.39 is 5.97 Å². The molecule has 0 aliphatic rings. The van der Waals surface area contributed by atoms with Crippen molar-refractivity contribution in [3.05, 3.63) is 58.7 Å². The van der Waals surface area contributed by atoms with E-state index in [4.69, 9.17) is 9.84 Å². The lowest BCUT2D eigenvalue weighted by atomic mass is 9.98. The first-order valence-electron chi connectivity index (χ1n) is 7.01. The number of aryl methyl sites for hydroxylation is 2. The van der Waals surface area contributed by atoms with E-state index in [0.29, 0.717) is 11.7 Å². The molecule has 0 bridgehead atoms. The van der Waals surface area contributed by atoms with E-state index in [2.05, 4.69) is 26.8 Å². The van der Waals surface area contributed by atoms with Crippen LogP contribution in [0, 0.1) is 13.8 Å². The summed E-state index contributed by atoms with van der Waals surface area (Å²) in [5.41, 5.74) is 3.60. The molecule has 0 heterocycles. The van der Waals surface area contributed by atoms with Crippen LogP contribution in [0.3, 0.4) is 0 Å². The lowest BCUT2D eigenvalue weighted by Gasteiger charge is -2.13. The van der Waals surface area contributed by atoms with Crippen LogP contribution in [-0.4, -0.2) is 11.1 Å². The molecule has 0 amide bonds. The van der Waals surface area contributed by atoms with Crippen molar-refractivity contribution >= 4 is 5.97 Å². The van der Waals surface area contributed by atoms with Crippen molar-refractivity contribution in [3.63, 3.8) is 0 Å². The molecule has 0 aromatic heterocycles. The molecule has 0 aliphatic heterocycles. The number of benzene rings is 2. The average molecular weight is 284 g/mol. The highest BCUT2D eigenvalue weighted by Crippen LogP contribution is 2.29. The normalized spacial score (nSPS) is 10.7. The fourth-order valence-electron chi connectivity index (χ4n) is 2.33. The lowest BCUT2D eigenvalue weighted by molar-refractivity contribution is 0.0696. The van der Waals surface area contributed by atoms with Crippen LogP contribution in [0.25, 0.3) is 0 Å². The number of carboxylic acid groups (broad SMARTS) is 1. The van der Waals surface area contributed by atoms with Crippen LogP contribution >= 0.6 is 0 Å². The summed E-state index contributed by atoms with van der Waals surface area (Å²) in [7, 11) is 0. The number of carboxylic acids is 1. The minimum absolute atomic E-state index is 0.228. The van der Waals surface area contributed by atoms with Crippen LogP contribution in [-0.2, 0) is 0 Å². The predicted molar refractivity (Wildman–Crippen MR) is 83.5 cm³/mol. The SMILES string of the molecule is Cc1ccc(C(=O)O)cc1Oc1ccc(C(C)C)c(C)c1. The molecule has 0 saturated carbocycles. The summed E-state index contributed by atoms with van der Waals surface area (Å²) in [6, 6.07) is 10.9. The summed E-state index contributed by atoms with van der Waals surface area (Å²) >= 11 is 0. The molecule has 2 aromatic carbocycles. The van der Waals surface area contributed by atoms with Crippen molar-refractivity contribution in [2.75, 3.05) is 0 Å². The van der Waals surface area contributed by atoms with Gasteiger partial charge in [0.25, 0.3) is 0 Å². The second-order valence-electron chi connectivity index (χ2n) is 5.56. The Labute approximate surface area is 125 Å². The Balaban J connectivity index is 2.32. The van der Waals surface area contributed by atoms with E-state index in [-0.39, 0.29) is 5.56 Å². The molecule has 0 radical (unpaired) electrons. The van der Waals surface area contributed by atoms with Crippen LogP contribution in [0.2, 0.25) is 0 Å². The van der Waals surface area contributed by atoms with Crippen molar-refractivity contribution < 1.29 is 14.6 Å². The molecule has 0 saturated heterocycles. The minimum atomic E-state index is -0.953. The molecular weight excluding hydrogens is 264 g/mol. The maximum Gasteiger partial charge on any atom is 0.335 e. The first kappa shape index (κ1) is 15.1. The monoisotopic (exact) mass is 284 g/mol. The summed E-state index contributed by atoms with van der Waals surface area (Å²) in [6.45, 7) is 8.27. The van der Waals surface area contributed by atoms with Gasteiger partial charge in [0, 0.05) is 0 Å². The highest BCUT2D eigenvalue weighted by molar-refractivity contribution is 5.88. The summed E-state index contributed by atoms with van der Waals surface area (Å²) in [6.07, 6.45) is 0. The third-order valence-corrected chi connectivity index (χ3v) is 3.53. The number of rotatable bonds is 4. The van der Waals surface area contributed by atoms with Crippen LogP contribution in [0.15, 0.2) is 36.4 Å². The number of ether oxygens (including phenoxy) is 1. The van der Waals surface area contributed by atoms with Gasteiger partial charge in [-0.3, -0.25) is 0 Å². The third kappa shape index (κ3) is 3.43. The Morgan fingerprint density at radius 2 is 1.76 bits per heavy atom. The molecular formula is C18H20O3. The van der Waals surface area contributed by atoms with Gasteiger partial charge in [-0.1, -0.05) is 26.0 Å². The predicted octanol–water partition coefficient (Wildman–Crippen LogP) is 4.92. The molecule has 0 spiro atoms. The molecule has 0 aliphatic carbocycles. The highest BCUT2D eigenvalue weighted by Gasteiger charge is 2.09. The molecule has 2 rings (SSSR count). The summed E-state index contributed by atoms with van der Waals surface area (Å²) < 4.78 is 5.85. The third-order valence-electron chi connectivity index (χ3n) is 3.53. The smallest absolute Gasteiger partial charge is 0.335 e. The highest BCUT2D eigenvalue weighted by atomic mass is 16.5. The summed E-state index contributed by atoms with van der Waals surface area (Å²) in [5.74, 6) is 0.816. The molecule has 110 valence electrons. The van der Waals surface area contributed by atoms with Gasteiger partial charge in [-0.15, -0.1) is 0 Å². The van der Waals surface area contributed by atoms with Gasteiger partial charge in [-0.05, 0) is 60.7 Å². The molecule has 0 fully saturated rings. The maximum absolute atomic E-state index is 11.0. The molecule has 3 heteroatoms.